The first-order valence-corrected chi connectivity index (χ1v) is 8.57. The van der Waals surface area contributed by atoms with Crippen LogP contribution in [-0.2, 0) is 14.3 Å². The van der Waals surface area contributed by atoms with Crippen LogP contribution in [0.15, 0.2) is 59.9 Å². The molecule has 3 rings (SSSR count). The van der Waals surface area contributed by atoms with E-state index in [9.17, 15) is 14.7 Å². The first-order valence-electron chi connectivity index (χ1n) is 8.20. The molecule has 5 nitrogen and oxygen atoms in total. The van der Waals surface area contributed by atoms with Gasteiger partial charge in [-0.2, -0.15) is 0 Å². The van der Waals surface area contributed by atoms with Crippen molar-refractivity contribution >= 4 is 29.2 Å². The number of halogens is 1. The molecule has 6 heteroatoms. The Kier molecular flexibility index (Phi) is 5.00. The molecule has 1 atom stereocenters. The average molecular weight is 372 g/mol. The van der Waals surface area contributed by atoms with E-state index in [2.05, 4.69) is 0 Å². The number of aliphatic hydroxyl groups is 1. The van der Waals surface area contributed by atoms with Crippen molar-refractivity contribution in [3.05, 3.63) is 76.0 Å². The van der Waals surface area contributed by atoms with Crippen molar-refractivity contribution in [2.75, 3.05) is 11.5 Å². The van der Waals surface area contributed by atoms with E-state index in [1.807, 2.05) is 31.2 Å². The van der Waals surface area contributed by atoms with Crippen LogP contribution in [0.2, 0.25) is 5.02 Å². The predicted octanol–water partition coefficient (Wildman–Crippen LogP) is 4.11. The van der Waals surface area contributed by atoms with Crippen LogP contribution in [0.5, 0.6) is 0 Å². The van der Waals surface area contributed by atoms with E-state index in [0.717, 1.165) is 5.56 Å². The third-order valence-electron chi connectivity index (χ3n) is 4.20. The predicted molar refractivity (Wildman–Crippen MR) is 99.1 cm³/mol. The van der Waals surface area contributed by atoms with Gasteiger partial charge in [0.15, 0.2) is 5.76 Å². The molecule has 1 amide bonds. The Labute approximate surface area is 156 Å². The number of aliphatic hydroxyl groups excluding tert-OH is 1. The molecule has 0 radical (unpaired) electrons. The third-order valence-corrected chi connectivity index (χ3v) is 4.45. The lowest BCUT2D eigenvalue weighted by Gasteiger charge is -2.26. The Morgan fingerprint density at radius 3 is 2.35 bits per heavy atom. The number of ether oxygens (including phenoxy) is 1. The van der Waals surface area contributed by atoms with Gasteiger partial charge in [-0.25, -0.2) is 4.79 Å². The van der Waals surface area contributed by atoms with Gasteiger partial charge in [0.2, 0.25) is 0 Å². The highest BCUT2D eigenvalue weighted by Gasteiger charge is 2.45. The number of amides is 1. The van der Waals surface area contributed by atoms with Crippen LogP contribution in [-0.4, -0.2) is 23.6 Å². The SMILES string of the molecule is CCOC(=O)C1=C(O)C(=O)N(c2ccc(Cl)cc2)C1c1ccc(C)cc1. The van der Waals surface area contributed by atoms with Crippen LogP contribution in [0, 0.1) is 6.92 Å². The molecule has 2 aromatic rings. The van der Waals surface area contributed by atoms with Gasteiger partial charge in [-0.1, -0.05) is 41.4 Å². The van der Waals surface area contributed by atoms with Gasteiger partial charge in [0.05, 0.1) is 12.6 Å². The van der Waals surface area contributed by atoms with E-state index in [0.29, 0.717) is 16.3 Å². The summed E-state index contributed by atoms with van der Waals surface area (Å²) < 4.78 is 5.07. The van der Waals surface area contributed by atoms with E-state index in [1.54, 1.807) is 31.2 Å². The van der Waals surface area contributed by atoms with Gasteiger partial charge >= 0.3 is 5.97 Å². The highest BCUT2D eigenvalue weighted by atomic mass is 35.5. The number of rotatable bonds is 4. The summed E-state index contributed by atoms with van der Waals surface area (Å²) in [6, 6.07) is 13.3. The van der Waals surface area contributed by atoms with E-state index < -0.39 is 23.7 Å². The molecule has 0 aromatic heterocycles. The van der Waals surface area contributed by atoms with Crippen LogP contribution < -0.4 is 4.90 Å². The summed E-state index contributed by atoms with van der Waals surface area (Å²) in [6.45, 7) is 3.76. The molecule has 0 fully saturated rings. The summed E-state index contributed by atoms with van der Waals surface area (Å²) in [4.78, 5) is 26.6. The maximum absolute atomic E-state index is 12.7. The van der Waals surface area contributed by atoms with Gasteiger partial charge in [-0.15, -0.1) is 0 Å². The second-order valence-electron chi connectivity index (χ2n) is 5.95. The molecule has 26 heavy (non-hydrogen) atoms. The van der Waals surface area contributed by atoms with Crippen LogP contribution in [0.4, 0.5) is 5.69 Å². The normalized spacial score (nSPS) is 17.0. The highest BCUT2D eigenvalue weighted by Crippen LogP contribution is 2.41. The van der Waals surface area contributed by atoms with Gasteiger partial charge in [-0.3, -0.25) is 9.69 Å². The fourth-order valence-corrected chi connectivity index (χ4v) is 3.08. The molecule has 0 spiro atoms. The largest absolute Gasteiger partial charge is 0.503 e. The summed E-state index contributed by atoms with van der Waals surface area (Å²) in [5.74, 6) is -1.95. The number of anilines is 1. The van der Waals surface area contributed by atoms with Crippen LogP contribution in [0.1, 0.15) is 24.1 Å². The summed E-state index contributed by atoms with van der Waals surface area (Å²) in [5, 5.41) is 10.9. The van der Waals surface area contributed by atoms with Crippen LogP contribution in [0.3, 0.4) is 0 Å². The second kappa shape index (κ2) is 7.22. The van der Waals surface area contributed by atoms with Crippen molar-refractivity contribution < 1.29 is 19.4 Å². The summed E-state index contributed by atoms with van der Waals surface area (Å²) >= 11 is 5.94. The maximum atomic E-state index is 12.7. The first kappa shape index (κ1) is 18.0. The standard InChI is InChI=1S/C20H18ClNO4/c1-3-26-20(25)16-17(13-6-4-12(2)5-7-13)22(19(24)18(16)23)15-10-8-14(21)9-11-15/h4-11,17,23H,3H2,1-2H3. The summed E-state index contributed by atoms with van der Waals surface area (Å²) in [7, 11) is 0. The zero-order valence-corrected chi connectivity index (χ0v) is 15.2. The lowest BCUT2D eigenvalue weighted by atomic mass is 9.98. The Hall–Kier alpha value is -2.79. The van der Waals surface area contributed by atoms with Crippen molar-refractivity contribution in [2.45, 2.75) is 19.9 Å². The number of aryl methyl sites for hydroxylation is 1. The van der Waals surface area contributed by atoms with E-state index in [4.69, 9.17) is 16.3 Å². The molecule has 0 saturated carbocycles. The van der Waals surface area contributed by atoms with E-state index in [-0.39, 0.29) is 12.2 Å². The molecule has 1 aliphatic heterocycles. The number of benzene rings is 2. The number of hydrogen-bond acceptors (Lipinski definition) is 4. The Morgan fingerprint density at radius 2 is 1.77 bits per heavy atom. The molecular formula is C20H18ClNO4. The fourth-order valence-electron chi connectivity index (χ4n) is 2.95. The average Bonchev–Trinajstić information content (AvgIpc) is 2.88. The molecule has 1 unspecified atom stereocenters. The molecule has 1 N–H and O–H groups in total. The molecule has 134 valence electrons. The van der Waals surface area contributed by atoms with Crippen molar-refractivity contribution in [1.29, 1.82) is 0 Å². The Morgan fingerprint density at radius 1 is 1.15 bits per heavy atom. The van der Waals surface area contributed by atoms with Crippen LogP contribution in [0.25, 0.3) is 0 Å². The Bertz CT molecular complexity index is 872. The number of carbonyl (C=O) groups is 2. The number of esters is 1. The summed E-state index contributed by atoms with van der Waals surface area (Å²) in [6.07, 6.45) is 0. The fraction of sp³-hybridized carbons (Fsp3) is 0.200. The Balaban J connectivity index is 2.14. The zero-order valence-electron chi connectivity index (χ0n) is 14.4. The topological polar surface area (TPSA) is 66.8 Å². The number of hydrogen-bond donors (Lipinski definition) is 1. The van der Waals surface area contributed by atoms with Crippen LogP contribution >= 0.6 is 11.6 Å². The van der Waals surface area contributed by atoms with Crippen molar-refractivity contribution in [2.24, 2.45) is 0 Å². The monoisotopic (exact) mass is 371 g/mol. The number of nitrogens with zero attached hydrogens (tertiary/aromatic N) is 1. The number of carbonyl (C=O) groups excluding carboxylic acids is 2. The van der Waals surface area contributed by atoms with Crippen molar-refractivity contribution in [3.63, 3.8) is 0 Å². The molecule has 0 aliphatic carbocycles. The molecular weight excluding hydrogens is 354 g/mol. The second-order valence-corrected chi connectivity index (χ2v) is 6.38. The smallest absolute Gasteiger partial charge is 0.340 e. The highest BCUT2D eigenvalue weighted by molar-refractivity contribution is 6.30. The quantitative estimate of drug-likeness (QED) is 0.821. The molecule has 0 bridgehead atoms. The molecule has 2 aromatic carbocycles. The lowest BCUT2D eigenvalue weighted by molar-refractivity contribution is -0.139. The minimum absolute atomic E-state index is 0.0596. The van der Waals surface area contributed by atoms with E-state index >= 15 is 0 Å². The molecule has 1 aliphatic rings. The summed E-state index contributed by atoms with van der Waals surface area (Å²) in [5.41, 5.74) is 2.21. The van der Waals surface area contributed by atoms with Gasteiger partial charge in [0.1, 0.15) is 5.57 Å². The van der Waals surface area contributed by atoms with Gasteiger partial charge in [0.25, 0.3) is 5.91 Å². The lowest BCUT2D eigenvalue weighted by Crippen LogP contribution is -2.31. The van der Waals surface area contributed by atoms with Gasteiger partial charge in [-0.05, 0) is 43.7 Å². The first-order chi connectivity index (χ1) is 12.4. The van der Waals surface area contributed by atoms with Gasteiger partial charge in [0, 0.05) is 10.7 Å². The van der Waals surface area contributed by atoms with E-state index in [1.165, 1.54) is 4.90 Å². The maximum Gasteiger partial charge on any atom is 0.340 e. The van der Waals surface area contributed by atoms with Gasteiger partial charge < -0.3 is 9.84 Å². The third kappa shape index (κ3) is 3.18. The molecule has 1 heterocycles. The zero-order chi connectivity index (χ0) is 18.8. The molecule has 0 saturated heterocycles. The minimum Gasteiger partial charge on any atom is -0.503 e. The van der Waals surface area contributed by atoms with Crippen molar-refractivity contribution in [3.8, 4) is 0 Å². The minimum atomic E-state index is -0.775. The van der Waals surface area contributed by atoms with Crippen molar-refractivity contribution in [1.82, 2.24) is 0 Å².